The van der Waals surface area contributed by atoms with Crippen LogP contribution in [0.1, 0.15) is 45.5 Å². The fourth-order valence-corrected chi connectivity index (χ4v) is 4.92. The lowest BCUT2D eigenvalue weighted by Gasteiger charge is -2.41. The zero-order chi connectivity index (χ0) is 27.2. The van der Waals surface area contributed by atoms with Crippen molar-refractivity contribution < 1.29 is 4.79 Å². The SMILES string of the molecule is Cc1c(Cc2ccccc2)nnc(N2CCN(c3cnc(C(=O)NCCc4ccccn4)cn3)C(C)C2)c1C. The molecule has 4 heterocycles. The summed E-state index contributed by atoms with van der Waals surface area (Å²) in [6, 6.07) is 16.3. The maximum absolute atomic E-state index is 12.5. The van der Waals surface area contributed by atoms with Crippen LogP contribution in [0.15, 0.2) is 67.1 Å². The minimum atomic E-state index is -0.233. The van der Waals surface area contributed by atoms with Crippen LogP contribution in [0.4, 0.5) is 11.6 Å². The average Bonchev–Trinajstić information content (AvgIpc) is 2.97. The predicted molar refractivity (Wildman–Crippen MR) is 152 cm³/mol. The normalized spacial score (nSPS) is 15.3. The fourth-order valence-electron chi connectivity index (χ4n) is 4.92. The Bertz CT molecular complexity index is 1400. The van der Waals surface area contributed by atoms with Gasteiger partial charge in [-0.1, -0.05) is 36.4 Å². The number of amides is 1. The molecule has 1 aliphatic rings. The van der Waals surface area contributed by atoms with Crippen LogP contribution in [-0.2, 0) is 12.8 Å². The molecular formula is C30H34N8O. The number of aromatic nitrogens is 5. The number of nitrogens with one attached hydrogen (secondary N) is 1. The Morgan fingerprint density at radius 3 is 2.49 bits per heavy atom. The molecule has 9 heteroatoms. The number of nitrogens with zero attached hydrogens (tertiary/aromatic N) is 7. The molecule has 1 amide bonds. The Morgan fingerprint density at radius 2 is 1.77 bits per heavy atom. The topological polar surface area (TPSA) is 100 Å². The highest BCUT2D eigenvalue weighted by molar-refractivity contribution is 5.92. The Kier molecular flexibility index (Phi) is 8.05. The van der Waals surface area contributed by atoms with Gasteiger partial charge in [0.1, 0.15) is 11.5 Å². The molecule has 0 radical (unpaired) electrons. The number of rotatable bonds is 8. The number of piperazine rings is 1. The molecule has 3 aromatic heterocycles. The van der Waals surface area contributed by atoms with E-state index in [-0.39, 0.29) is 11.9 Å². The van der Waals surface area contributed by atoms with Crippen LogP contribution < -0.4 is 15.1 Å². The molecule has 0 saturated carbocycles. The summed E-state index contributed by atoms with van der Waals surface area (Å²) in [5.74, 6) is 1.48. The summed E-state index contributed by atoms with van der Waals surface area (Å²) in [7, 11) is 0. The Balaban J connectivity index is 1.18. The quantitative estimate of drug-likeness (QED) is 0.375. The number of benzene rings is 1. The number of carbonyl (C=O) groups excluding carboxylic acids is 1. The third-order valence-electron chi connectivity index (χ3n) is 7.30. The molecule has 1 atom stereocenters. The molecule has 1 saturated heterocycles. The highest BCUT2D eigenvalue weighted by Gasteiger charge is 2.27. The van der Waals surface area contributed by atoms with Crippen LogP contribution in [0, 0.1) is 13.8 Å². The van der Waals surface area contributed by atoms with Crippen molar-refractivity contribution in [1.82, 2.24) is 30.5 Å². The van der Waals surface area contributed by atoms with Crippen LogP contribution in [0.25, 0.3) is 0 Å². The molecule has 1 aromatic carbocycles. The third kappa shape index (κ3) is 6.19. The number of anilines is 2. The summed E-state index contributed by atoms with van der Waals surface area (Å²) >= 11 is 0. The minimum Gasteiger partial charge on any atom is -0.351 e. The zero-order valence-electron chi connectivity index (χ0n) is 22.7. The molecule has 1 unspecified atom stereocenters. The van der Waals surface area contributed by atoms with E-state index in [1.165, 1.54) is 16.7 Å². The second-order valence-corrected chi connectivity index (χ2v) is 9.96. The number of carbonyl (C=O) groups is 1. The first-order chi connectivity index (χ1) is 19.0. The van der Waals surface area contributed by atoms with Crippen molar-refractivity contribution in [1.29, 1.82) is 0 Å². The Hall–Kier alpha value is -4.40. The number of pyridine rings is 1. The van der Waals surface area contributed by atoms with Crippen molar-refractivity contribution in [3.63, 3.8) is 0 Å². The first-order valence-corrected chi connectivity index (χ1v) is 13.4. The van der Waals surface area contributed by atoms with E-state index in [1.54, 1.807) is 18.6 Å². The van der Waals surface area contributed by atoms with Gasteiger partial charge in [0.2, 0.25) is 0 Å². The molecule has 0 bridgehead atoms. The van der Waals surface area contributed by atoms with Gasteiger partial charge in [-0.25, -0.2) is 9.97 Å². The van der Waals surface area contributed by atoms with E-state index < -0.39 is 0 Å². The largest absolute Gasteiger partial charge is 0.351 e. The van der Waals surface area contributed by atoms with Crippen molar-refractivity contribution in [3.05, 3.63) is 101 Å². The molecule has 9 nitrogen and oxygen atoms in total. The van der Waals surface area contributed by atoms with E-state index in [4.69, 9.17) is 0 Å². The van der Waals surface area contributed by atoms with Gasteiger partial charge in [0.25, 0.3) is 5.91 Å². The maximum Gasteiger partial charge on any atom is 0.271 e. The van der Waals surface area contributed by atoms with Crippen molar-refractivity contribution in [2.24, 2.45) is 0 Å². The van der Waals surface area contributed by atoms with Crippen molar-refractivity contribution in [2.75, 3.05) is 36.0 Å². The summed E-state index contributed by atoms with van der Waals surface area (Å²) in [6.45, 7) is 9.31. The third-order valence-corrected chi connectivity index (χ3v) is 7.30. The monoisotopic (exact) mass is 522 g/mol. The van der Waals surface area contributed by atoms with Gasteiger partial charge < -0.3 is 15.1 Å². The van der Waals surface area contributed by atoms with E-state index in [0.29, 0.717) is 18.7 Å². The predicted octanol–water partition coefficient (Wildman–Crippen LogP) is 3.56. The van der Waals surface area contributed by atoms with E-state index in [9.17, 15) is 4.79 Å². The first kappa shape index (κ1) is 26.2. The van der Waals surface area contributed by atoms with Crippen LogP contribution in [0.5, 0.6) is 0 Å². The second kappa shape index (κ2) is 12.0. The molecule has 39 heavy (non-hydrogen) atoms. The van der Waals surface area contributed by atoms with Crippen molar-refractivity contribution in [3.8, 4) is 0 Å². The van der Waals surface area contributed by atoms with Gasteiger partial charge in [-0.05, 0) is 49.6 Å². The van der Waals surface area contributed by atoms with Gasteiger partial charge in [-0.15, -0.1) is 5.10 Å². The van der Waals surface area contributed by atoms with Gasteiger partial charge in [0, 0.05) is 57.0 Å². The van der Waals surface area contributed by atoms with Gasteiger partial charge in [0.05, 0.1) is 18.1 Å². The molecular weight excluding hydrogens is 488 g/mol. The molecule has 5 rings (SSSR count). The van der Waals surface area contributed by atoms with Crippen LogP contribution in [-0.4, -0.2) is 63.3 Å². The maximum atomic E-state index is 12.5. The smallest absolute Gasteiger partial charge is 0.271 e. The molecule has 1 aliphatic heterocycles. The molecule has 1 fully saturated rings. The van der Waals surface area contributed by atoms with E-state index in [2.05, 4.69) is 85.3 Å². The van der Waals surface area contributed by atoms with E-state index >= 15 is 0 Å². The lowest BCUT2D eigenvalue weighted by atomic mass is 10.0. The van der Waals surface area contributed by atoms with Crippen LogP contribution in [0.2, 0.25) is 0 Å². The van der Waals surface area contributed by atoms with E-state index in [1.807, 2.05) is 24.3 Å². The lowest BCUT2D eigenvalue weighted by Crippen LogP contribution is -2.53. The summed E-state index contributed by atoms with van der Waals surface area (Å²) in [6.07, 6.45) is 6.43. The van der Waals surface area contributed by atoms with Gasteiger partial charge in [0.15, 0.2) is 5.82 Å². The standard InChI is InChI=1S/C30H34N8O/c1-21-20-37(29-23(3)22(2)26(35-36-29)17-24-9-5-4-6-10-24)15-16-38(21)28-19-33-27(18-34-28)30(39)32-14-12-25-11-7-8-13-31-25/h4-11,13,18-19,21H,12,14-17,20H2,1-3H3,(H,32,39). The Labute approximate surface area is 229 Å². The lowest BCUT2D eigenvalue weighted by molar-refractivity contribution is 0.0948. The van der Waals surface area contributed by atoms with Gasteiger partial charge in [-0.3, -0.25) is 9.78 Å². The highest BCUT2D eigenvalue weighted by atomic mass is 16.1. The van der Waals surface area contributed by atoms with Gasteiger partial charge >= 0.3 is 0 Å². The van der Waals surface area contributed by atoms with Crippen molar-refractivity contribution in [2.45, 2.75) is 39.7 Å². The first-order valence-electron chi connectivity index (χ1n) is 13.4. The number of hydrogen-bond acceptors (Lipinski definition) is 8. The summed E-state index contributed by atoms with van der Waals surface area (Å²) in [5.41, 5.74) is 5.87. The molecule has 1 N–H and O–H groups in total. The number of hydrogen-bond donors (Lipinski definition) is 1. The molecule has 4 aromatic rings. The second-order valence-electron chi connectivity index (χ2n) is 9.96. The van der Waals surface area contributed by atoms with Gasteiger partial charge in [-0.2, -0.15) is 5.10 Å². The zero-order valence-corrected chi connectivity index (χ0v) is 22.7. The Morgan fingerprint density at radius 1 is 0.949 bits per heavy atom. The summed E-state index contributed by atoms with van der Waals surface area (Å²) in [4.78, 5) is 30.3. The minimum absolute atomic E-state index is 0.191. The highest BCUT2D eigenvalue weighted by Crippen LogP contribution is 2.26. The molecule has 0 spiro atoms. The van der Waals surface area contributed by atoms with Crippen LogP contribution in [0.3, 0.4) is 0 Å². The molecule has 200 valence electrons. The van der Waals surface area contributed by atoms with E-state index in [0.717, 1.165) is 49.1 Å². The summed E-state index contributed by atoms with van der Waals surface area (Å²) < 4.78 is 0. The fraction of sp³-hybridized carbons (Fsp3) is 0.333. The van der Waals surface area contributed by atoms with Crippen LogP contribution >= 0.6 is 0 Å². The van der Waals surface area contributed by atoms with Crippen molar-refractivity contribution >= 4 is 17.5 Å². The molecule has 0 aliphatic carbocycles. The average molecular weight is 523 g/mol. The summed E-state index contributed by atoms with van der Waals surface area (Å²) in [5, 5.41) is 12.1.